The molecule has 84 valence electrons. The number of fused-ring (bicyclic) bond motifs is 1. The van der Waals surface area contributed by atoms with Crippen LogP contribution in [0.1, 0.15) is 19.4 Å². The Morgan fingerprint density at radius 3 is 2.88 bits per heavy atom. The summed E-state index contributed by atoms with van der Waals surface area (Å²) in [5.41, 5.74) is 6.52. The van der Waals surface area contributed by atoms with Crippen LogP contribution in [-0.2, 0) is 4.79 Å². The molecule has 0 unspecified atom stereocenters. The van der Waals surface area contributed by atoms with Gasteiger partial charge in [0.1, 0.15) is 5.75 Å². The van der Waals surface area contributed by atoms with E-state index in [0.29, 0.717) is 11.4 Å². The molecule has 1 amide bonds. The number of hydrogen-bond donors (Lipinski definition) is 2. The van der Waals surface area contributed by atoms with Gasteiger partial charge in [0, 0.05) is 11.6 Å². The average molecular weight is 218 g/mol. The summed E-state index contributed by atoms with van der Waals surface area (Å²) in [4.78, 5) is 11.0. The van der Waals surface area contributed by atoms with E-state index in [1.807, 2.05) is 13.8 Å². The third-order valence-electron chi connectivity index (χ3n) is 1.83. The zero-order chi connectivity index (χ0) is 12.0. The van der Waals surface area contributed by atoms with Gasteiger partial charge in [-0.1, -0.05) is 13.8 Å². The van der Waals surface area contributed by atoms with Crippen molar-refractivity contribution >= 4 is 11.6 Å². The second-order valence-electron chi connectivity index (χ2n) is 2.82. The van der Waals surface area contributed by atoms with E-state index < -0.39 is 0 Å². The van der Waals surface area contributed by atoms with Crippen LogP contribution in [0.3, 0.4) is 0 Å². The maximum atomic E-state index is 11.0. The fourth-order valence-corrected chi connectivity index (χ4v) is 1.24. The molecule has 1 aromatic rings. The number of hydrogen-bond acceptors (Lipinski definition) is 3. The lowest BCUT2D eigenvalue weighted by atomic mass is 10.2. The molecule has 16 heavy (non-hydrogen) atoms. The minimum absolute atomic E-state index is 0.0481. The lowest BCUT2D eigenvalue weighted by molar-refractivity contribution is -0.118. The molecule has 0 spiro atoms. The van der Waals surface area contributed by atoms with E-state index >= 15 is 0 Å². The van der Waals surface area contributed by atoms with E-state index in [0.717, 1.165) is 5.56 Å². The van der Waals surface area contributed by atoms with Crippen molar-refractivity contribution in [2.75, 3.05) is 11.9 Å². The molecule has 0 atom stereocenters. The summed E-state index contributed by atoms with van der Waals surface area (Å²) in [5.74, 6) is 3.19. The number of ether oxygens (including phenoxy) is 1. The van der Waals surface area contributed by atoms with Crippen molar-refractivity contribution in [3.8, 4) is 17.7 Å². The largest absolute Gasteiger partial charge is 0.482 e. The molecule has 4 nitrogen and oxygen atoms in total. The summed E-state index contributed by atoms with van der Waals surface area (Å²) in [6.45, 7) is 4.05. The van der Waals surface area contributed by atoms with Gasteiger partial charge in [0.25, 0.3) is 5.91 Å². The van der Waals surface area contributed by atoms with Gasteiger partial charge in [0.05, 0.1) is 5.69 Å². The van der Waals surface area contributed by atoms with E-state index in [4.69, 9.17) is 10.5 Å². The Bertz CT molecular complexity index is 444. The lowest BCUT2D eigenvalue weighted by Crippen LogP contribution is -2.25. The van der Waals surface area contributed by atoms with E-state index in [1.165, 1.54) is 0 Å². The summed E-state index contributed by atoms with van der Waals surface area (Å²) in [5, 5.41) is 2.69. The predicted octanol–water partition coefficient (Wildman–Crippen LogP) is 1.31. The number of carbonyl (C=O) groups is 1. The quantitative estimate of drug-likeness (QED) is 0.509. The van der Waals surface area contributed by atoms with E-state index in [2.05, 4.69) is 17.3 Å². The number of nitrogens with two attached hydrogens (primary N) is 1. The second kappa shape index (κ2) is 5.66. The molecule has 0 aromatic heterocycles. The van der Waals surface area contributed by atoms with Gasteiger partial charge >= 0.3 is 0 Å². The van der Waals surface area contributed by atoms with Crippen LogP contribution >= 0.6 is 0 Å². The maximum Gasteiger partial charge on any atom is 0.262 e. The smallest absolute Gasteiger partial charge is 0.262 e. The normalized spacial score (nSPS) is 11.8. The zero-order valence-electron chi connectivity index (χ0n) is 9.33. The number of anilines is 1. The summed E-state index contributed by atoms with van der Waals surface area (Å²) in [6, 6.07) is 7.56. The van der Waals surface area contributed by atoms with Gasteiger partial charge < -0.3 is 15.8 Å². The van der Waals surface area contributed by atoms with Crippen molar-refractivity contribution in [2.45, 2.75) is 13.8 Å². The van der Waals surface area contributed by atoms with Crippen LogP contribution in [0.5, 0.6) is 5.75 Å². The zero-order valence-corrected chi connectivity index (χ0v) is 9.33. The fraction of sp³-hybridized carbons (Fsp3) is 0.250. The third-order valence-corrected chi connectivity index (χ3v) is 1.83. The summed E-state index contributed by atoms with van der Waals surface area (Å²) < 4.78 is 5.20. The Labute approximate surface area is 94.8 Å². The fourth-order valence-electron chi connectivity index (χ4n) is 1.24. The molecule has 1 aliphatic rings. The van der Waals surface area contributed by atoms with Crippen LogP contribution in [0.4, 0.5) is 5.69 Å². The first-order valence-electron chi connectivity index (χ1n) is 5.08. The molecule has 0 bridgehead atoms. The number of carbonyl (C=O) groups excluding carboxylic acids is 1. The van der Waals surface area contributed by atoms with E-state index in [9.17, 15) is 4.79 Å². The van der Waals surface area contributed by atoms with Crippen molar-refractivity contribution in [1.82, 2.24) is 0 Å². The summed E-state index contributed by atoms with van der Waals surface area (Å²) in [6.07, 6.45) is 0. The number of rotatable bonds is 0. The lowest BCUT2D eigenvalue weighted by Gasteiger charge is -2.17. The second-order valence-corrected chi connectivity index (χ2v) is 2.82. The highest BCUT2D eigenvalue weighted by molar-refractivity contribution is 5.95. The average Bonchev–Trinajstić information content (AvgIpc) is 2.32. The van der Waals surface area contributed by atoms with E-state index in [-0.39, 0.29) is 12.5 Å². The highest BCUT2D eigenvalue weighted by Crippen LogP contribution is 2.27. The van der Waals surface area contributed by atoms with Crippen LogP contribution in [0.2, 0.25) is 0 Å². The van der Waals surface area contributed by atoms with Gasteiger partial charge in [-0.2, -0.15) is 0 Å². The maximum absolute atomic E-state index is 11.0. The van der Waals surface area contributed by atoms with Crippen molar-refractivity contribution in [3.05, 3.63) is 23.8 Å². The minimum atomic E-state index is -0.143. The molecule has 2 rings (SSSR count). The minimum Gasteiger partial charge on any atom is -0.482 e. The Balaban J connectivity index is 0.000000606. The summed E-state index contributed by atoms with van der Waals surface area (Å²) >= 11 is 0. The molecule has 0 fully saturated rings. The van der Waals surface area contributed by atoms with Gasteiger partial charge in [0.15, 0.2) is 6.61 Å². The Morgan fingerprint density at radius 1 is 1.44 bits per heavy atom. The van der Waals surface area contributed by atoms with Crippen molar-refractivity contribution in [1.29, 1.82) is 0 Å². The highest BCUT2D eigenvalue weighted by Gasteiger charge is 2.15. The Hall–Kier alpha value is -2.15. The SMILES string of the molecule is CC.NC#Cc1ccc2c(c1)OCC(=O)N2. The molecular formula is C12H14N2O2. The molecule has 0 radical (unpaired) electrons. The van der Waals surface area contributed by atoms with Gasteiger partial charge in [-0.05, 0) is 24.1 Å². The first-order valence-corrected chi connectivity index (χ1v) is 5.08. The molecule has 0 saturated carbocycles. The van der Waals surface area contributed by atoms with Gasteiger partial charge in [-0.25, -0.2) is 0 Å². The molecule has 4 heteroatoms. The Kier molecular flexibility index (Phi) is 4.22. The molecule has 0 aliphatic carbocycles. The molecule has 1 aromatic carbocycles. The number of nitrogens with one attached hydrogen (secondary N) is 1. The standard InChI is InChI=1S/C10H8N2O2.C2H6/c11-4-3-7-1-2-8-9(5-7)14-6-10(13)12-8;1-2/h1-2,5H,6,11H2,(H,12,13);1-2H3. The molecule has 3 N–H and O–H groups in total. The van der Waals surface area contributed by atoms with Crippen LogP contribution < -0.4 is 15.8 Å². The third kappa shape index (κ3) is 2.67. The van der Waals surface area contributed by atoms with E-state index in [1.54, 1.807) is 18.2 Å². The Morgan fingerprint density at radius 2 is 2.19 bits per heavy atom. The van der Waals surface area contributed by atoms with Gasteiger partial charge in [0.2, 0.25) is 0 Å². The number of benzene rings is 1. The van der Waals surface area contributed by atoms with Crippen LogP contribution in [0.25, 0.3) is 0 Å². The van der Waals surface area contributed by atoms with Gasteiger partial charge in [-0.3, -0.25) is 4.79 Å². The molecule has 0 saturated heterocycles. The first kappa shape index (κ1) is 11.9. The van der Waals surface area contributed by atoms with Gasteiger partial charge in [-0.15, -0.1) is 0 Å². The topological polar surface area (TPSA) is 64.3 Å². The van der Waals surface area contributed by atoms with Crippen LogP contribution in [-0.4, -0.2) is 12.5 Å². The predicted molar refractivity (Wildman–Crippen MR) is 63.0 cm³/mol. The summed E-state index contributed by atoms with van der Waals surface area (Å²) in [7, 11) is 0. The molecule has 1 heterocycles. The number of amides is 1. The van der Waals surface area contributed by atoms with Crippen LogP contribution in [0, 0.1) is 12.0 Å². The molecular weight excluding hydrogens is 204 g/mol. The monoisotopic (exact) mass is 218 g/mol. The van der Waals surface area contributed by atoms with Crippen molar-refractivity contribution in [3.63, 3.8) is 0 Å². The first-order chi connectivity index (χ1) is 7.79. The van der Waals surface area contributed by atoms with Crippen molar-refractivity contribution in [2.24, 2.45) is 5.73 Å². The molecule has 1 aliphatic heterocycles. The highest BCUT2D eigenvalue weighted by atomic mass is 16.5. The van der Waals surface area contributed by atoms with Crippen molar-refractivity contribution < 1.29 is 9.53 Å². The van der Waals surface area contributed by atoms with Crippen LogP contribution in [0.15, 0.2) is 18.2 Å².